The van der Waals surface area contributed by atoms with E-state index in [-0.39, 0.29) is 24.3 Å². The number of pyridine rings is 1. The number of aliphatic hydroxyl groups is 1. The number of aromatic nitrogens is 1. The van der Waals surface area contributed by atoms with Gasteiger partial charge in [-0.2, -0.15) is 0 Å². The van der Waals surface area contributed by atoms with Crippen molar-refractivity contribution in [1.29, 1.82) is 0 Å². The monoisotopic (exact) mass is 683 g/mol. The second-order valence-electron chi connectivity index (χ2n) is 14.1. The van der Waals surface area contributed by atoms with Crippen LogP contribution in [0.1, 0.15) is 73.7 Å². The minimum atomic E-state index is -2.09. The van der Waals surface area contributed by atoms with Crippen LogP contribution >= 0.6 is 0 Å². The summed E-state index contributed by atoms with van der Waals surface area (Å²) in [6.45, 7) is 8.08. The Morgan fingerprint density at radius 1 is 0.820 bits per heavy atom. The van der Waals surface area contributed by atoms with Crippen molar-refractivity contribution in [3.63, 3.8) is 0 Å². The first-order valence-corrected chi connectivity index (χ1v) is 16.6. The molecule has 6 rings (SSSR count). The van der Waals surface area contributed by atoms with Gasteiger partial charge in [-0.3, -0.25) is 9.78 Å². The Balaban J connectivity index is 1.51. The molecule has 11 heteroatoms. The largest absolute Gasteiger partial charge is 0.458 e. The molecule has 3 aromatic rings. The number of carbonyl (C=O) groups is 4. The molecule has 2 heterocycles. The van der Waals surface area contributed by atoms with E-state index in [2.05, 4.69) is 4.98 Å². The van der Waals surface area contributed by atoms with E-state index >= 15 is 0 Å². The Bertz CT molecular complexity index is 1780. The Morgan fingerprint density at radius 2 is 1.46 bits per heavy atom. The third-order valence-corrected chi connectivity index (χ3v) is 10.7. The molecule has 8 atom stereocenters. The third kappa shape index (κ3) is 5.98. The predicted molar refractivity (Wildman–Crippen MR) is 179 cm³/mol. The lowest BCUT2D eigenvalue weighted by Gasteiger charge is -2.65. The van der Waals surface area contributed by atoms with Gasteiger partial charge in [0.25, 0.3) is 0 Å². The lowest BCUT2D eigenvalue weighted by Crippen LogP contribution is -2.82. The van der Waals surface area contributed by atoms with Crippen molar-refractivity contribution in [2.24, 2.45) is 11.3 Å². The quantitative estimate of drug-likeness (QED) is 0.192. The van der Waals surface area contributed by atoms with E-state index in [1.807, 2.05) is 44.2 Å². The minimum absolute atomic E-state index is 0.0823. The molecule has 262 valence electrons. The average molecular weight is 684 g/mol. The molecule has 1 spiro atoms. The number of hydrogen-bond donors (Lipinski definition) is 1. The Hall–Kier alpha value is -4.87. The number of ether oxygens (including phenoxy) is 5. The molecule has 2 bridgehead atoms. The lowest BCUT2D eigenvalue weighted by atomic mass is 9.47. The molecule has 1 aliphatic heterocycles. The second kappa shape index (κ2) is 13.1. The molecule has 3 fully saturated rings. The zero-order chi connectivity index (χ0) is 35.9. The Labute approximate surface area is 290 Å². The first-order chi connectivity index (χ1) is 23.7. The fraction of sp³-hybridized carbons (Fsp3) is 0.410. The molecule has 0 amide bonds. The standard InChI is InChI=1S/C39H41NO10/c1-24(41)46-31-32(48-30(42)19-18-25-13-8-6-9-14-25)37(4)29(47-34(43)26-15-10-7-11-16-26)21-28-22-39(37,50-36(28,2)3)38(5,45)33(31)49-35(44)27-17-12-20-40-23-27/h6-20,23,28-29,31-33,45H,21-22H2,1-5H3/t28-,29+,31+,32+,33+,37-,38+,39-/m1/s1. The van der Waals surface area contributed by atoms with Crippen molar-refractivity contribution in [2.45, 2.75) is 88.7 Å². The number of fused-ring (bicyclic) bond motifs is 1. The van der Waals surface area contributed by atoms with Crippen molar-refractivity contribution in [1.82, 2.24) is 4.98 Å². The summed E-state index contributed by atoms with van der Waals surface area (Å²) in [4.78, 5) is 57.9. The van der Waals surface area contributed by atoms with E-state index in [0.717, 1.165) is 12.5 Å². The summed E-state index contributed by atoms with van der Waals surface area (Å²) in [6, 6.07) is 20.6. The van der Waals surface area contributed by atoms with Crippen molar-refractivity contribution in [2.75, 3.05) is 0 Å². The topological polar surface area (TPSA) is 148 Å². The van der Waals surface area contributed by atoms with Crippen LogP contribution < -0.4 is 0 Å². The maximum Gasteiger partial charge on any atom is 0.340 e. The number of esters is 4. The summed E-state index contributed by atoms with van der Waals surface area (Å²) in [5.41, 5.74) is -5.06. The number of benzene rings is 2. The number of nitrogens with zero attached hydrogens (tertiary/aromatic N) is 1. The molecule has 2 aliphatic carbocycles. The average Bonchev–Trinajstić information content (AvgIpc) is 3.35. The molecule has 50 heavy (non-hydrogen) atoms. The normalized spacial score (nSPS) is 32.4. The van der Waals surface area contributed by atoms with Crippen molar-refractivity contribution >= 4 is 30.0 Å². The van der Waals surface area contributed by atoms with Crippen LogP contribution in [0, 0.1) is 11.3 Å². The molecule has 1 aromatic heterocycles. The van der Waals surface area contributed by atoms with Gasteiger partial charge >= 0.3 is 23.9 Å². The lowest BCUT2D eigenvalue weighted by molar-refractivity contribution is -0.351. The molecular formula is C39H41NO10. The number of hydrogen-bond acceptors (Lipinski definition) is 11. The van der Waals surface area contributed by atoms with Gasteiger partial charge in [-0.1, -0.05) is 48.5 Å². The predicted octanol–water partition coefficient (Wildman–Crippen LogP) is 5.12. The fourth-order valence-electron chi connectivity index (χ4n) is 8.13. The van der Waals surface area contributed by atoms with Gasteiger partial charge in [0.1, 0.15) is 17.3 Å². The van der Waals surface area contributed by atoms with Gasteiger partial charge in [-0.25, -0.2) is 14.4 Å². The maximum absolute atomic E-state index is 13.7. The van der Waals surface area contributed by atoms with Gasteiger partial charge in [-0.15, -0.1) is 0 Å². The van der Waals surface area contributed by atoms with E-state index in [1.165, 1.54) is 31.5 Å². The van der Waals surface area contributed by atoms with Crippen LogP contribution in [0.15, 0.2) is 91.3 Å². The van der Waals surface area contributed by atoms with Crippen LogP contribution in [0.2, 0.25) is 0 Å². The van der Waals surface area contributed by atoms with E-state index < -0.39 is 70.5 Å². The molecule has 3 aliphatic rings. The smallest absolute Gasteiger partial charge is 0.340 e. The molecule has 1 saturated heterocycles. The van der Waals surface area contributed by atoms with Gasteiger partial charge in [0.2, 0.25) is 0 Å². The summed E-state index contributed by atoms with van der Waals surface area (Å²) in [7, 11) is 0. The summed E-state index contributed by atoms with van der Waals surface area (Å²) in [5, 5.41) is 12.9. The number of rotatable bonds is 8. The summed E-state index contributed by atoms with van der Waals surface area (Å²) in [6.07, 6.45) is 0.461. The zero-order valence-electron chi connectivity index (χ0n) is 28.6. The van der Waals surface area contributed by atoms with Crippen molar-refractivity contribution in [3.05, 3.63) is 108 Å². The Kier molecular flexibility index (Phi) is 9.17. The van der Waals surface area contributed by atoms with Crippen molar-refractivity contribution in [3.8, 4) is 0 Å². The highest BCUT2D eigenvalue weighted by Crippen LogP contribution is 2.68. The number of carbonyl (C=O) groups excluding carboxylic acids is 4. The highest BCUT2D eigenvalue weighted by Gasteiger charge is 2.82. The SMILES string of the molecule is CC(=O)O[C@H]1[C@H](OC(=O)C=Cc2ccccc2)[C@@]2(C)[C@@H](OC(=O)c3ccccc3)C[C@@H]3C[C@]2(OC3(C)C)[C@@](C)(O)[C@H]1OC(=O)c1cccnc1. The molecule has 1 N–H and O–H groups in total. The molecule has 0 radical (unpaired) electrons. The molecule has 11 nitrogen and oxygen atoms in total. The van der Waals surface area contributed by atoms with Gasteiger partial charge in [0.05, 0.1) is 22.1 Å². The second-order valence-corrected chi connectivity index (χ2v) is 14.1. The van der Waals surface area contributed by atoms with Crippen LogP contribution in [0.25, 0.3) is 6.08 Å². The van der Waals surface area contributed by atoms with Crippen LogP contribution in [0.4, 0.5) is 0 Å². The summed E-state index contributed by atoms with van der Waals surface area (Å²) >= 11 is 0. The van der Waals surface area contributed by atoms with Crippen LogP contribution in [-0.4, -0.2) is 75.2 Å². The van der Waals surface area contributed by atoms with Gasteiger partial charge in [0.15, 0.2) is 18.3 Å². The maximum atomic E-state index is 13.7. The van der Waals surface area contributed by atoms with E-state index in [9.17, 15) is 24.3 Å². The van der Waals surface area contributed by atoms with Gasteiger partial charge in [-0.05, 0) is 82.4 Å². The van der Waals surface area contributed by atoms with Gasteiger partial charge < -0.3 is 28.8 Å². The van der Waals surface area contributed by atoms with E-state index in [4.69, 9.17) is 23.7 Å². The zero-order valence-corrected chi connectivity index (χ0v) is 28.6. The molecule has 2 aromatic carbocycles. The molecule has 0 unspecified atom stereocenters. The van der Waals surface area contributed by atoms with E-state index in [0.29, 0.717) is 5.56 Å². The molecular weight excluding hydrogens is 642 g/mol. The van der Waals surface area contributed by atoms with Crippen molar-refractivity contribution < 1.29 is 48.0 Å². The Morgan fingerprint density at radius 3 is 2.10 bits per heavy atom. The van der Waals surface area contributed by atoms with Gasteiger partial charge in [0, 0.05) is 25.4 Å². The van der Waals surface area contributed by atoms with E-state index in [1.54, 1.807) is 49.4 Å². The third-order valence-electron chi connectivity index (χ3n) is 10.7. The van der Waals surface area contributed by atoms with Crippen LogP contribution in [0.3, 0.4) is 0 Å². The first-order valence-electron chi connectivity index (χ1n) is 16.6. The van der Waals surface area contributed by atoms with Crippen LogP contribution in [0.5, 0.6) is 0 Å². The van der Waals surface area contributed by atoms with Crippen LogP contribution in [-0.2, 0) is 33.3 Å². The first kappa shape index (κ1) is 35.0. The molecule has 2 saturated carbocycles. The summed E-state index contributed by atoms with van der Waals surface area (Å²) in [5.74, 6) is -3.32. The highest BCUT2D eigenvalue weighted by molar-refractivity contribution is 5.90. The fourth-order valence-corrected chi connectivity index (χ4v) is 8.13. The highest BCUT2D eigenvalue weighted by atomic mass is 16.6. The minimum Gasteiger partial charge on any atom is -0.458 e. The summed E-state index contributed by atoms with van der Waals surface area (Å²) < 4.78 is 31.4.